The van der Waals surface area contributed by atoms with E-state index in [-0.39, 0.29) is 5.91 Å². The van der Waals surface area contributed by atoms with Gasteiger partial charge in [-0.05, 0) is 67.8 Å². The smallest absolute Gasteiger partial charge is 0.247 e. The highest BCUT2D eigenvalue weighted by Crippen LogP contribution is 2.34. The molecule has 0 saturated heterocycles. The number of carbonyl (C=O) groups excluding carboxylic acids is 1. The Hall–Kier alpha value is -3.64. The fraction of sp³-hybridized carbons (Fsp3) is 0.0833. The fourth-order valence-corrected chi connectivity index (χ4v) is 4.02. The van der Waals surface area contributed by atoms with Gasteiger partial charge in [0.05, 0.1) is 11.4 Å². The van der Waals surface area contributed by atoms with Gasteiger partial charge in [0, 0.05) is 21.3 Å². The van der Waals surface area contributed by atoms with E-state index in [4.69, 9.17) is 4.74 Å². The minimum Gasteiger partial charge on any atom is -0.457 e. The Morgan fingerprint density at radius 3 is 2.70 bits per heavy atom. The molecule has 0 spiro atoms. The molecule has 2 aromatic heterocycles. The summed E-state index contributed by atoms with van der Waals surface area (Å²) in [6.07, 6.45) is 2.93. The highest BCUT2D eigenvalue weighted by Gasteiger charge is 2.11. The third-order valence-electron chi connectivity index (χ3n) is 4.62. The van der Waals surface area contributed by atoms with E-state index in [2.05, 4.69) is 41.3 Å². The molecule has 1 amide bonds. The highest BCUT2D eigenvalue weighted by atomic mass is 32.1. The molecule has 0 aliphatic carbocycles. The molecule has 30 heavy (non-hydrogen) atoms. The molecule has 0 aliphatic heterocycles. The van der Waals surface area contributed by atoms with E-state index in [1.807, 2.05) is 49.4 Å². The first-order chi connectivity index (χ1) is 14.5. The summed E-state index contributed by atoms with van der Waals surface area (Å²) in [5.74, 6) is 1.87. The third-order valence-corrected chi connectivity index (χ3v) is 5.65. The molecule has 2 heterocycles. The van der Waals surface area contributed by atoms with Gasteiger partial charge in [-0.15, -0.1) is 11.3 Å². The van der Waals surface area contributed by atoms with Crippen LogP contribution < -0.4 is 15.4 Å². The van der Waals surface area contributed by atoms with Crippen molar-refractivity contribution in [3.8, 4) is 11.5 Å². The molecule has 150 valence electrons. The predicted octanol–water partition coefficient (Wildman–Crippen LogP) is 6.57. The van der Waals surface area contributed by atoms with Crippen LogP contribution in [0.15, 0.2) is 73.4 Å². The van der Waals surface area contributed by atoms with Crippen LogP contribution in [0.1, 0.15) is 10.4 Å². The second kappa shape index (κ2) is 8.39. The summed E-state index contributed by atoms with van der Waals surface area (Å²) >= 11 is 1.77. The normalized spacial score (nSPS) is 10.6. The lowest BCUT2D eigenvalue weighted by molar-refractivity contribution is -0.111. The molecule has 4 aromatic rings. The number of rotatable bonds is 6. The second-order valence-corrected chi connectivity index (χ2v) is 8.09. The lowest BCUT2D eigenvalue weighted by Crippen LogP contribution is -2.09. The molecule has 0 unspecified atom stereocenters. The second-order valence-electron chi connectivity index (χ2n) is 6.81. The van der Waals surface area contributed by atoms with E-state index in [9.17, 15) is 4.79 Å². The summed E-state index contributed by atoms with van der Waals surface area (Å²) < 4.78 is 7.40. The van der Waals surface area contributed by atoms with Crippen molar-refractivity contribution in [2.45, 2.75) is 13.8 Å². The SMILES string of the molecule is C=CC(=O)Nc1ccccc1Nc1nccc(Oc2ccc3sc(C)cc3c2)c1C. The summed E-state index contributed by atoms with van der Waals surface area (Å²) in [6.45, 7) is 7.55. The highest BCUT2D eigenvalue weighted by molar-refractivity contribution is 7.19. The number of nitrogens with one attached hydrogen (secondary N) is 2. The number of anilines is 3. The van der Waals surface area contributed by atoms with Crippen molar-refractivity contribution < 1.29 is 9.53 Å². The molecule has 0 bridgehead atoms. The van der Waals surface area contributed by atoms with Crippen molar-refractivity contribution in [3.63, 3.8) is 0 Å². The van der Waals surface area contributed by atoms with Crippen molar-refractivity contribution in [3.05, 3.63) is 83.9 Å². The first kappa shape index (κ1) is 19.7. The first-order valence-corrected chi connectivity index (χ1v) is 10.3. The number of amides is 1. The largest absolute Gasteiger partial charge is 0.457 e. The number of nitrogens with zero attached hydrogens (tertiary/aromatic N) is 1. The fourth-order valence-electron chi connectivity index (χ4n) is 3.11. The van der Waals surface area contributed by atoms with Crippen molar-refractivity contribution in [1.82, 2.24) is 4.98 Å². The van der Waals surface area contributed by atoms with Crippen LogP contribution in [0.4, 0.5) is 17.2 Å². The first-order valence-electron chi connectivity index (χ1n) is 9.46. The average molecular weight is 416 g/mol. The summed E-state index contributed by atoms with van der Waals surface area (Å²) in [5.41, 5.74) is 2.24. The lowest BCUT2D eigenvalue weighted by atomic mass is 10.2. The van der Waals surface area contributed by atoms with Crippen molar-refractivity contribution in [2.75, 3.05) is 10.6 Å². The van der Waals surface area contributed by atoms with E-state index in [1.54, 1.807) is 17.5 Å². The number of hydrogen-bond acceptors (Lipinski definition) is 5. The van der Waals surface area contributed by atoms with Gasteiger partial charge < -0.3 is 15.4 Å². The number of fused-ring (bicyclic) bond motifs is 1. The molecule has 0 radical (unpaired) electrons. The average Bonchev–Trinajstić information content (AvgIpc) is 3.11. The van der Waals surface area contributed by atoms with Gasteiger partial charge in [-0.25, -0.2) is 4.98 Å². The van der Waals surface area contributed by atoms with E-state index in [0.717, 1.165) is 17.0 Å². The Bertz CT molecular complexity index is 1250. The molecule has 0 fully saturated rings. The minimum absolute atomic E-state index is 0.273. The summed E-state index contributed by atoms with van der Waals surface area (Å²) in [5, 5.41) is 7.26. The number of ether oxygens (including phenoxy) is 1. The molecular weight excluding hydrogens is 394 g/mol. The Labute approximate surface area is 179 Å². The van der Waals surface area contributed by atoms with Crippen molar-refractivity contribution >= 4 is 44.5 Å². The molecule has 5 nitrogen and oxygen atoms in total. The molecule has 6 heteroatoms. The van der Waals surface area contributed by atoms with Crippen LogP contribution >= 0.6 is 11.3 Å². The number of aryl methyl sites for hydroxylation is 1. The monoisotopic (exact) mass is 415 g/mol. The molecule has 0 aliphatic rings. The maximum absolute atomic E-state index is 11.7. The van der Waals surface area contributed by atoms with Gasteiger partial charge in [-0.1, -0.05) is 18.7 Å². The van der Waals surface area contributed by atoms with Crippen molar-refractivity contribution in [1.29, 1.82) is 0 Å². The topological polar surface area (TPSA) is 63.2 Å². The Morgan fingerprint density at radius 1 is 1.10 bits per heavy atom. The van der Waals surface area contributed by atoms with Crippen LogP contribution in [-0.2, 0) is 4.79 Å². The number of aromatic nitrogens is 1. The van der Waals surface area contributed by atoms with Crippen LogP contribution in [0.25, 0.3) is 10.1 Å². The van der Waals surface area contributed by atoms with E-state index < -0.39 is 0 Å². The number of hydrogen-bond donors (Lipinski definition) is 2. The number of benzene rings is 2. The van der Waals surface area contributed by atoms with Gasteiger partial charge in [0.2, 0.25) is 5.91 Å². The summed E-state index contributed by atoms with van der Waals surface area (Å²) in [7, 11) is 0. The zero-order chi connectivity index (χ0) is 21.1. The maximum atomic E-state index is 11.7. The Balaban J connectivity index is 1.60. The van der Waals surface area contributed by atoms with Crippen LogP contribution in [-0.4, -0.2) is 10.9 Å². The Morgan fingerprint density at radius 2 is 1.90 bits per heavy atom. The molecule has 0 saturated carbocycles. The third kappa shape index (κ3) is 4.18. The zero-order valence-corrected chi connectivity index (χ0v) is 17.5. The van der Waals surface area contributed by atoms with Crippen LogP contribution in [0.3, 0.4) is 0 Å². The molecule has 2 N–H and O–H groups in total. The maximum Gasteiger partial charge on any atom is 0.247 e. The standard InChI is InChI=1S/C24H21N3O2S/c1-4-23(28)26-19-7-5-6-8-20(19)27-24-16(3)21(11-12-25-24)29-18-9-10-22-17(14-18)13-15(2)30-22/h4-14H,1H2,2-3H3,(H,25,27)(H,26,28). The van der Waals surface area contributed by atoms with Gasteiger partial charge in [0.1, 0.15) is 17.3 Å². The van der Waals surface area contributed by atoms with Crippen LogP contribution in [0.2, 0.25) is 0 Å². The molecule has 0 atom stereocenters. The van der Waals surface area contributed by atoms with Crippen LogP contribution in [0, 0.1) is 13.8 Å². The number of pyridine rings is 1. The van der Waals surface area contributed by atoms with Gasteiger partial charge in [-0.2, -0.15) is 0 Å². The number of para-hydroxylation sites is 2. The predicted molar refractivity (Wildman–Crippen MR) is 124 cm³/mol. The zero-order valence-electron chi connectivity index (χ0n) is 16.7. The van der Waals surface area contributed by atoms with E-state index >= 15 is 0 Å². The molecule has 2 aromatic carbocycles. The Kier molecular flexibility index (Phi) is 5.50. The van der Waals surface area contributed by atoms with Crippen LogP contribution in [0.5, 0.6) is 11.5 Å². The summed E-state index contributed by atoms with van der Waals surface area (Å²) in [4.78, 5) is 17.4. The minimum atomic E-state index is -0.273. The van der Waals surface area contributed by atoms with Crippen molar-refractivity contribution in [2.24, 2.45) is 0 Å². The van der Waals surface area contributed by atoms with Gasteiger partial charge in [0.25, 0.3) is 0 Å². The van der Waals surface area contributed by atoms with E-state index in [1.165, 1.54) is 21.0 Å². The lowest BCUT2D eigenvalue weighted by Gasteiger charge is -2.15. The quantitative estimate of drug-likeness (QED) is 0.349. The van der Waals surface area contributed by atoms with E-state index in [0.29, 0.717) is 17.3 Å². The van der Waals surface area contributed by atoms with Gasteiger partial charge in [-0.3, -0.25) is 4.79 Å². The molecular formula is C24H21N3O2S. The molecule has 4 rings (SSSR count). The number of carbonyl (C=O) groups is 1. The summed E-state index contributed by atoms with van der Waals surface area (Å²) in [6, 6.07) is 17.5. The number of thiophene rings is 1. The van der Waals surface area contributed by atoms with Gasteiger partial charge >= 0.3 is 0 Å². The van der Waals surface area contributed by atoms with Gasteiger partial charge in [0.15, 0.2) is 0 Å².